The molecule has 0 saturated carbocycles. The summed E-state index contributed by atoms with van der Waals surface area (Å²) < 4.78 is 23.3. The van der Waals surface area contributed by atoms with Crippen LogP contribution in [0.25, 0.3) is 5.57 Å². The standard InChI is InChI=1S/C11H7NO4S/c12-5-7-1-2-10-9(3-7)8(4-11(13)14)6-17(10,15)16/h1-3,6H,4H2,(H,13,14)/p-1. The van der Waals surface area contributed by atoms with Crippen molar-refractivity contribution in [1.82, 2.24) is 0 Å². The van der Waals surface area contributed by atoms with Gasteiger partial charge in [0, 0.05) is 17.8 Å². The van der Waals surface area contributed by atoms with E-state index in [1.165, 1.54) is 18.2 Å². The fraction of sp³-hybridized carbons (Fsp3) is 0.0909. The van der Waals surface area contributed by atoms with Gasteiger partial charge in [0.15, 0.2) is 0 Å². The van der Waals surface area contributed by atoms with Crippen molar-refractivity contribution in [2.45, 2.75) is 11.3 Å². The molecule has 1 aliphatic heterocycles. The Morgan fingerprint density at radius 1 is 1.41 bits per heavy atom. The van der Waals surface area contributed by atoms with E-state index in [9.17, 15) is 18.3 Å². The van der Waals surface area contributed by atoms with Crippen LogP contribution in [0, 0.1) is 11.3 Å². The van der Waals surface area contributed by atoms with Crippen molar-refractivity contribution in [2.75, 3.05) is 0 Å². The van der Waals surface area contributed by atoms with Gasteiger partial charge in [-0.25, -0.2) is 8.42 Å². The number of benzene rings is 1. The SMILES string of the molecule is N#Cc1ccc2c(c1)C(CC(=O)[O-])=CS2(=O)=O. The number of nitriles is 1. The maximum Gasteiger partial charge on any atom is 0.200 e. The maximum atomic E-state index is 11.7. The zero-order valence-corrected chi connectivity index (χ0v) is 9.32. The number of carbonyl (C=O) groups is 1. The van der Waals surface area contributed by atoms with E-state index in [1.54, 1.807) is 0 Å². The van der Waals surface area contributed by atoms with Crippen LogP contribution >= 0.6 is 0 Å². The van der Waals surface area contributed by atoms with E-state index < -0.39 is 22.2 Å². The van der Waals surface area contributed by atoms with Gasteiger partial charge in [-0.1, -0.05) is 0 Å². The second-order valence-electron chi connectivity index (χ2n) is 3.56. The van der Waals surface area contributed by atoms with Crippen LogP contribution in [0.5, 0.6) is 0 Å². The Hall–Kier alpha value is -2.13. The van der Waals surface area contributed by atoms with Crippen molar-refractivity contribution in [3.63, 3.8) is 0 Å². The summed E-state index contributed by atoms with van der Waals surface area (Å²) in [7, 11) is -3.59. The quantitative estimate of drug-likeness (QED) is 0.723. The highest BCUT2D eigenvalue weighted by Gasteiger charge is 2.26. The number of carboxylic acid groups (broad SMARTS) is 1. The molecule has 0 atom stereocenters. The van der Waals surface area contributed by atoms with E-state index in [1.807, 2.05) is 6.07 Å². The Bertz CT molecular complexity index is 680. The number of aliphatic carboxylic acids is 1. The molecule has 0 aromatic heterocycles. The Morgan fingerprint density at radius 2 is 2.12 bits per heavy atom. The fourth-order valence-electron chi connectivity index (χ4n) is 1.71. The third-order valence-electron chi connectivity index (χ3n) is 2.39. The van der Waals surface area contributed by atoms with Gasteiger partial charge in [-0.15, -0.1) is 0 Å². The van der Waals surface area contributed by atoms with E-state index in [0.29, 0.717) is 0 Å². The summed E-state index contributed by atoms with van der Waals surface area (Å²) in [5.74, 6) is -1.36. The van der Waals surface area contributed by atoms with Gasteiger partial charge in [0.2, 0.25) is 9.84 Å². The minimum atomic E-state index is -3.59. The second kappa shape index (κ2) is 3.71. The Morgan fingerprint density at radius 3 is 2.71 bits per heavy atom. The van der Waals surface area contributed by atoms with Crippen molar-refractivity contribution >= 4 is 21.4 Å². The van der Waals surface area contributed by atoms with Gasteiger partial charge in [0.05, 0.1) is 16.5 Å². The molecule has 0 radical (unpaired) electrons. The molecule has 5 nitrogen and oxygen atoms in total. The van der Waals surface area contributed by atoms with Crippen molar-refractivity contribution in [3.8, 4) is 6.07 Å². The molecule has 1 heterocycles. The van der Waals surface area contributed by atoms with Gasteiger partial charge >= 0.3 is 0 Å². The van der Waals surface area contributed by atoms with E-state index in [-0.39, 0.29) is 21.6 Å². The van der Waals surface area contributed by atoms with Gasteiger partial charge in [-0.2, -0.15) is 5.26 Å². The summed E-state index contributed by atoms with van der Waals surface area (Å²) in [5, 5.41) is 20.1. The summed E-state index contributed by atoms with van der Waals surface area (Å²) in [4.78, 5) is 10.6. The predicted octanol–water partition coefficient (Wildman–Crippen LogP) is -0.174. The predicted molar refractivity (Wildman–Crippen MR) is 55.9 cm³/mol. The zero-order chi connectivity index (χ0) is 12.6. The first kappa shape index (κ1) is 11.4. The number of nitrogens with zero attached hydrogens (tertiary/aromatic N) is 1. The lowest BCUT2D eigenvalue weighted by Crippen LogP contribution is -2.21. The molecule has 0 saturated heterocycles. The summed E-state index contributed by atoms with van der Waals surface area (Å²) in [6.45, 7) is 0. The average molecular weight is 248 g/mol. The number of hydrogen-bond acceptors (Lipinski definition) is 5. The lowest BCUT2D eigenvalue weighted by molar-refractivity contribution is -0.304. The zero-order valence-electron chi connectivity index (χ0n) is 8.50. The number of fused-ring (bicyclic) bond motifs is 1. The van der Waals surface area contributed by atoms with Crippen LogP contribution in [0.3, 0.4) is 0 Å². The largest absolute Gasteiger partial charge is 0.550 e. The summed E-state index contributed by atoms with van der Waals surface area (Å²) in [5.41, 5.74) is 0.704. The summed E-state index contributed by atoms with van der Waals surface area (Å²) in [6, 6.07) is 5.93. The maximum absolute atomic E-state index is 11.7. The number of rotatable bonds is 2. The van der Waals surface area contributed by atoms with Crippen LogP contribution in [-0.4, -0.2) is 14.4 Å². The van der Waals surface area contributed by atoms with E-state index >= 15 is 0 Å². The normalized spacial score (nSPS) is 15.8. The number of hydrogen-bond donors (Lipinski definition) is 0. The van der Waals surface area contributed by atoms with Gasteiger partial charge in [-0.3, -0.25) is 0 Å². The molecule has 0 fully saturated rings. The average Bonchev–Trinajstić information content (AvgIpc) is 2.49. The van der Waals surface area contributed by atoms with Crippen LogP contribution in [-0.2, 0) is 14.6 Å². The third-order valence-corrected chi connectivity index (χ3v) is 3.96. The molecule has 1 aromatic carbocycles. The van der Waals surface area contributed by atoms with Crippen molar-refractivity contribution in [2.24, 2.45) is 0 Å². The molecular weight excluding hydrogens is 242 g/mol. The smallest absolute Gasteiger partial charge is 0.200 e. The van der Waals surface area contributed by atoms with E-state index in [4.69, 9.17) is 5.26 Å². The molecular formula is C11H6NO4S-. The number of carboxylic acids is 1. The highest BCUT2D eigenvalue weighted by Crippen LogP contribution is 2.35. The minimum absolute atomic E-state index is 0.0350. The Kier molecular flexibility index (Phi) is 2.48. The third kappa shape index (κ3) is 1.92. The first-order valence-corrected chi connectivity index (χ1v) is 6.19. The highest BCUT2D eigenvalue weighted by atomic mass is 32.2. The summed E-state index contributed by atoms with van der Waals surface area (Å²) in [6.07, 6.45) is -0.485. The van der Waals surface area contributed by atoms with Gasteiger partial charge in [0.1, 0.15) is 0 Å². The Labute approximate surface area is 97.5 Å². The number of carbonyl (C=O) groups excluding carboxylic acids is 1. The van der Waals surface area contributed by atoms with E-state index in [0.717, 1.165) is 5.41 Å². The molecule has 0 aliphatic carbocycles. The molecule has 86 valence electrons. The second-order valence-corrected chi connectivity index (χ2v) is 5.33. The lowest BCUT2D eigenvalue weighted by atomic mass is 10.0. The molecule has 0 spiro atoms. The first-order valence-electron chi connectivity index (χ1n) is 4.64. The Balaban J connectivity index is 2.63. The molecule has 6 heteroatoms. The summed E-state index contributed by atoms with van der Waals surface area (Å²) >= 11 is 0. The van der Waals surface area contributed by atoms with Crippen LogP contribution in [0.4, 0.5) is 0 Å². The van der Waals surface area contributed by atoms with Crippen LogP contribution in [0.2, 0.25) is 0 Å². The molecule has 0 unspecified atom stereocenters. The molecule has 0 bridgehead atoms. The van der Waals surface area contributed by atoms with Gasteiger partial charge < -0.3 is 9.90 Å². The van der Waals surface area contributed by atoms with Crippen LogP contribution < -0.4 is 5.11 Å². The van der Waals surface area contributed by atoms with Crippen molar-refractivity contribution in [1.29, 1.82) is 5.26 Å². The van der Waals surface area contributed by atoms with Crippen LogP contribution in [0.1, 0.15) is 17.5 Å². The number of sulfone groups is 1. The van der Waals surface area contributed by atoms with Crippen molar-refractivity contribution < 1.29 is 18.3 Å². The van der Waals surface area contributed by atoms with E-state index in [2.05, 4.69) is 0 Å². The molecule has 17 heavy (non-hydrogen) atoms. The first-order chi connectivity index (χ1) is 7.94. The monoisotopic (exact) mass is 248 g/mol. The topological polar surface area (TPSA) is 98.1 Å². The fourth-order valence-corrected chi connectivity index (χ4v) is 3.17. The van der Waals surface area contributed by atoms with Crippen molar-refractivity contribution in [3.05, 3.63) is 34.7 Å². The molecule has 2 rings (SSSR count). The van der Waals surface area contributed by atoms with Gasteiger partial charge in [-0.05, 0) is 29.3 Å². The highest BCUT2D eigenvalue weighted by molar-refractivity contribution is 7.95. The van der Waals surface area contributed by atoms with Crippen LogP contribution in [0.15, 0.2) is 28.5 Å². The lowest BCUT2D eigenvalue weighted by Gasteiger charge is -2.05. The molecule has 0 N–H and O–H groups in total. The minimum Gasteiger partial charge on any atom is -0.550 e. The van der Waals surface area contributed by atoms with Gasteiger partial charge in [0.25, 0.3) is 0 Å². The molecule has 1 aliphatic rings. The molecule has 0 amide bonds. The molecule has 1 aromatic rings.